The normalized spacial score (nSPS) is 12.0. The van der Waals surface area contributed by atoms with Crippen molar-refractivity contribution in [3.05, 3.63) is 54.6 Å². The summed E-state index contributed by atoms with van der Waals surface area (Å²) in [6.07, 6.45) is -2.35. The lowest BCUT2D eigenvalue weighted by atomic mass is 10.0. The Balaban J connectivity index is 2.63. The van der Waals surface area contributed by atoms with Gasteiger partial charge in [0.05, 0.1) is 4.90 Å². The molecule has 0 unspecified atom stereocenters. The van der Waals surface area contributed by atoms with E-state index in [1.807, 2.05) is 0 Å². The lowest BCUT2D eigenvalue weighted by Gasteiger charge is -2.14. The van der Waals surface area contributed by atoms with Crippen LogP contribution in [0.4, 0.5) is 13.2 Å². The quantitative estimate of drug-likeness (QED) is 0.832. The van der Waals surface area contributed by atoms with Crippen LogP contribution in [0.3, 0.4) is 0 Å². The van der Waals surface area contributed by atoms with Crippen molar-refractivity contribution in [1.29, 1.82) is 0 Å². The second-order valence-electron chi connectivity index (χ2n) is 4.81. The molecule has 0 aliphatic heterocycles. The zero-order chi connectivity index (χ0) is 17.3. The van der Waals surface area contributed by atoms with Crippen LogP contribution in [0, 0.1) is 0 Å². The predicted molar refractivity (Wildman–Crippen MR) is 81.8 cm³/mol. The molecule has 122 valence electrons. The van der Waals surface area contributed by atoms with Gasteiger partial charge in [-0.05, 0) is 35.4 Å². The van der Waals surface area contributed by atoms with Gasteiger partial charge in [-0.25, -0.2) is 8.42 Å². The maximum atomic E-state index is 12.5. The minimum Gasteiger partial charge on any atom is -0.405 e. The minimum atomic E-state index is -4.85. The number of hydrogen-bond donors (Lipinski definition) is 0. The molecule has 0 radical (unpaired) electrons. The summed E-state index contributed by atoms with van der Waals surface area (Å²) in [5.41, 5.74) is 1.01. The van der Waals surface area contributed by atoms with Crippen LogP contribution in [-0.4, -0.2) is 21.0 Å². The largest absolute Gasteiger partial charge is 0.573 e. The number of benzene rings is 2. The van der Waals surface area contributed by atoms with Gasteiger partial charge in [-0.15, -0.1) is 13.2 Å². The fraction of sp³-hybridized carbons (Fsp3) is 0.125. The van der Waals surface area contributed by atoms with Crippen LogP contribution in [0.1, 0.15) is 5.56 Å². The third-order valence-electron chi connectivity index (χ3n) is 3.04. The molecular formula is C16H13F3O3S. The van der Waals surface area contributed by atoms with Crippen molar-refractivity contribution in [2.45, 2.75) is 11.3 Å². The summed E-state index contributed by atoms with van der Waals surface area (Å²) < 4.78 is 64.9. The van der Waals surface area contributed by atoms with E-state index < -0.39 is 21.9 Å². The fourth-order valence-corrected chi connectivity index (χ4v) is 2.67. The monoisotopic (exact) mass is 342 g/mol. The summed E-state index contributed by atoms with van der Waals surface area (Å²) >= 11 is 0. The maximum Gasteiger partial charge on any atom is 0.573 e. The van der Waals surface area contributed by atoms with Crippen molar-refractivity contribution in [2.24, 2.45) is 0 Å². The van der Waals surface area contributed by atoms with Gasteiger partial charge >= 0.3 is 6.36 Å². The summed E-state index contributed by atoms with van der Waals surface area (Å²) in [5, 5.41) is 0. The summed E-state index contributed by atoms with van der Waals surface area (Å²) in [7, 11) is -3.48. The minimum absolute atomic E-state index is 0.0111. The van der Waals surface area contributed by atoms with Gasteiger partial charge in [0.2, 0.25) is 0 Å². The van der Waals surface area contributed by atoms with Crippen molar-refractivity contribution >= 4 is 15.9 Å². The lowest BCUT2D eigenvalue weighted by Crippen LogP contribution is -2.17. The van der Waals surface area contributed by atoms with E-state index in [1.54, 1.807) is 0 Å². The first-order chi connectivity index (χ1) is 10.6. The van der Waals surface area contributed by atoms with E-state index in [1.165, 1.54) is 48.5 Å². The number of alkyl halides is 3. The molecule has 3 nitrogen and oxygen atoms in total. The van der Waals surface area contributed by atoms with Gasteiger partial charge in [-0.2, -0.15) is 0 Å². The first kappa shape index (κ1) is 17.1. The third kappa shape index (κ3) is 4.35. The average molecular weight is 342 g/mol. The van der Waals surface area contributed by atoms with Crippen molar-refractivity contribution in [2.75, 3.05) is 6.26 Å². The van der Waals surface area contributed by atoms with Crippen LogP contribution < -0.4 is 4.74 Å². The van der Waals surface area contributed by atoms with Gasteiger partial charge in [0.15, 0.2) is 9.84 Å². The molecule has 0 amide bonds. The Morgan fingerprint density at radius 2 is 1.83 bits per heavy atom. The Labute approximate surface area is 131 Å². The van der Waals surface area contributed by atoms with Gasteiger partial charge in [0.1, 0.15) is 5.75 Å². The summed E-state index contributed by atoms with van der Waals surface area (Å²) in [6, 6.07) is 9.71. The molecule has 7 heteroatoms. The van der Waals surface area contributed by atoms with E-state index in [0.717, 1.165) is 6.26 Å². The molecule has 23 heavy (non-hydrogen) atoms. The molecule has 0 saturated heterocycles. The number of halogens is 3. The smallest absolute Gasteiger partial charge is 0.405 e. The molecule has 2 aromatic carbocycles. The molecule has 0 aromatic heterocycles. The predicted octanol–water partition coefficient (Wildman–Crippen LogP) is 4.30. The zero-order valence-electron chi connectivity index (χ0n) is 12.1. The number of ether oxygens (including phenoxy) is 1. The van der Waals surface area contributed by atoms with Crippen LogP contribution in [0.15, 0.2) is 53.9 Å². The summed E-state index contributed by atoms with van der Waals surface area (Å²) in [4.78, 5) is 0.0111. The standard InChI is InChI=1S/C16H13F3O3S/c1-3-11-7-8-15(22-16(17,18)19)14(9-11)12-5-4-6-13(10-12)23(2,20)21/h3-10H,1H2,2H3. The highest BCUT2D eigenvalue weighted by atomic mass is 32.2. The molecule has 0 saturated carbocycles. The summed E-state index contributed by atoms with van der Waals surface area (Å²) in [6.45, 7) is 3.57. The first-order valence-electron chi connectivity index (χ1n) is 6.43. The Bertz CT molecular complexity index is 840. The molecule has 0 aliphatic rings. The number of rotatable bonds is 4. The van der Waals surface area contributed by atoms with Gasteiger partial charge in [0.25, 0.3) is 0 Å². The van der Waals surface area contributed by atoms with Crippen LogP contribution >= 0.6 is 0 Å². The summed E-state index contributed by atoms with van der Waals surface area (Å²) in [5.74, 6) is -0.409. The van der Waals surface area contributed by atoms with E-state index in [9.17, 15) is 21.6 Å². The molecule has 0 fully saturated rings. The molecular weight excluding hydrogens is 329 g/mol. The van der Waals surface area contributed by atoms with E-state index in [0.29, 0.717) is 11.1 Å². The SMILES string of the molecule is C=Cc1ccc(OC(F)(F)F)c(-c2cccc(S(C)(=O)=O)c2)c1. The van der Waals surface area contributed by atoms with Gasteiger partial charge in [-0.1, -0.05) is 30.9 Å². The number of hydrogen-bond acceptors (Lipinski definition) is 3. The highest BCUT2D eigenvalue weighted by Gasteiger charge is 2.32. The fourth-order valence-electron chi connectivity index (χ4n) is 2.01. The lowest BCUT2D eigenvalue weighted by molar-refractivity contribution is -0.274. The Morgan fingerprint density at radius 3 is 2.39 bits per heavy atom. The van der Waals surface area contributed by atoms with Crippen LogP contribution in [-0.2, 0) is 9.84 Å². The number of sulfone groups is 1. The Kier molecular flexibility index (Phi) is 4.51. The maximum absolute atomic E-state index is 12.5. The zero-order valence-corrected chi connectivity index (χ0v) is 12.9. The van der Waals surface area contributed by atoms with Crippen LogP contribution in [0.2, 0.25) is 0 Å². The molecule has 2 aromatic rings. The van der Waals surface area contributed by atoms with E-state index >= 15 is 0 Å². The van der Waals surface area contributed by atoms with E-state index in [2.05, 4.69) is 11.3 Å². The Morgan fingerprint density at radius 1 is 1.13 bits per heavy atom. The topological polar surface area (TPSA) is 43.4 Å². The first-order valence-corrected chi connectivity index (χ1v) is 8.32. The van der Waals surface area contributed by atoms with Gasteiger partial charge in [-0.3, -0.25) is 0 Å². The van der Waals surface area contributed by atoms with Crippen LogP contribution in [0.25, 0.3) is 17.2 Å². The highest BCUT2D eigenvalue weighted by molar-refractivity contribution is 7.90. The highest BCUT2D eigenvalue weighted by Crippen LogP contribution is 2.35. The molecule has 0 spiro atoms. The third-order valence-corrected chi connectivity index (χ3v) is 4.15. The van der Waals surface area contributed by atoms with Crippen molar-refractivity contribution in [3.8, 4) is 16.9 Å². The Hall–Kier alpha value is -2.28. The molecule has 0 N–H and O–H groups in total. The van der Waals surface area contributed by atoms with Crippen molar-refractivity contribution < 1.29 is 26.3 Å². The van der Waals surface area contributed by atoms with Crippen LogP contribution in [0.5, 0.6) is 5.75 Å². The van der Waals surface area contributed by atoms with Crippen molar-refractivity contribution in [1.82, 2.24) is 0 Å². The molecule has 0 bridgehead atoms. The van der Waals surface area contributed by atoms with E-state index in [-0.39, 0.29) is 10.5 Å². The van der Waals surface area contributed by atoms with E-state index in [4.69, 9.17) is 0 Å². The molecule has 0 heterocycles. The average Bonchev–Trinajstić information content (AvgIpc) is 2.45. The molecule has 0 aliphatic carbocycles. The molecule has 2 rings (SSSR count). The van der Waals surface area contributed by atoms with Gasteiger partial charge in [0, 0.05) is 11.8 Å². The van der Waals surface area contributed by atoms with Crippen molar-refractivity contribution in [3.63, 3.8) is 0 Å². The second kappa shape index (κ2) is 6.08. The second-order valence-corrected chi connectivity index (χ2v) is 6.82. The van der Waals surface area contributed by atoms with Gasteiger partial charge < -0.3 is 4.74 Å². The molecule has 0 atom stereocenters.